The van der Waals surface area contributed by atoms with Crippen molar-refractivity contribution in [3.63, 3.8) is 0 Å². The van der Waals surface area contributed by atoms with Crippen LogP contribution in [0, 0.1) is 10.1 Å². The lowest BCUT2D eigenvalue weighted by molar-refractivity contribution is -0.384. The summed E-state index contributed by atoms with van der Waals surface area (Å²) in [7, 11) is 3.07. The Bertz CT molecular complexity index is 1230. The van der Waals surface area contributed by atoms with Gasteiger partial charge in [-0.05, 0) is 51.1 Å². The number of nitro groups is 1. The van der Waals surface area contributed by atoms with Crippen LogP contribution < -0.4 is 10.3 Å². The lowest BCUT2D eigenvalue weighted by Gasteiger charge is -2.25. The number of aromatic nitrogens is 2. The summed E-state index contributed by atoms with van der Waals surface area (Å²) in [4.78, 5) is 42.3. The Morgan fingerprint density at radius 2 is 1.84 bits per heavy atom. The maximum absolute atomic E-state index is 13.4. The fourth-order valence-electron chi connectivity index (χ4n) is 3.05. The molecule has 1 amide bonds. The molecule has 1 aromatic heterocycles. The van der Waals surface area contributed by atoms with Crippen LogP contribution in [0.3, 0.4) is 0 Å². The van der Waals surface area contributed by atoms with Crippen molar-refractivity contribution < 1.29 is 19.2 Å². The smallest absolute Gasteiger partial charge is 0.410 e. The lowest BCUT2D eigenvalue weighted by atomic mass is 10.2. The van der Waals surface area contributed by atoms with E-state index in [1.165, 1.54) is 34.8 Å². The number of amides is 1. The van der Waals surface area contributed by atoms with Crippen LogP contribution in [0.4, 0.5) is 10.5 Å². The number of carbonyl (C=O) groups is 1. The average molecular weight is 440 g/mol. The molecule has 10 heteroatoms. The van der Waals surface area contributed by atoms with Gasteiger partial charge in [-0.15, -0.1) is 0 Å². The molecule has 0 unspecified atom stereocenters. The number of ether oxygens (including phenoxy) is 2. The lowest BCUT2D eigenvalue weighted by Crippen LogP contribution is -2.36. The number of nitro benzene ring substituents is 1. The minimum Gasteiger partial charge on any atom is -0.497 e. The summed E-state index contributed by atoms with van der Waals surface area (Å²) in [5.41, 5.74) is -0.619. The second kappa shape index (κ2) is 8.66. The molecule has 1 heterocycles. The summed E-state index contributed by atoms with van der Waals surface area (Å²) < 4.78 is 11.9. The number of benzene rings is 2. The molecular formula is C22H24N4O6. The third-order valence-corrected chi connectivity index (χ3v) is 4.55. The summed E-state index contributed by atoms with van der Waals surface area (Å²) in [6, 6.07) is 10.6. The Balaban J connectivity index is 2.16. The number of fused-ring (bicyclic) bond motifs is 1. The van der Waals surface area contributed by atoms with Gasteiger partial charge in [-0.25, -0.2) is 9.78 Å². The standard InChI is InChI=1S/C22H24N4O6/c1-22(2,3)32-21(28)24(4)13-19-23-18-11-8-15(26(29)30)12-17(18)20(27)25(19)14-6-9-16(31-5)10-7-14/h6-12H,13H2,1-5H3. The molecule has 0 bridgehead atoms. The molecule has 0 N–H and O–H groups in total. The van der Waals surface area contributed by atoms with Gasteiger partial charge in [0.25, 0.3) is 11.2 Å². The van der Waals surface area contributed by atoms with Crippen LogP contribution in [0.1, 0.15) is 26.6 Å². The first-order valence-corrected chi connectivity index (χ1v) is 9.79. The quantitative estimate of drug-likeness (QED) is 0.439. The van der Waals surface area contributed by atoms with Crippen molar-refractivity contribution in [1.82, 2.24) is 14.5 Å². The molecule has 0 saturated carbocycles. The van der Waals surface area contributed by atoms with E-state index in [0.717, 1.165) is 0 Å². The second-order valence-electron chi connectivity index (χ2n) is 8.16. The largest absolute Gasteiger partial charge is 0.497 e. The molecule has 3 rings (SSSR count). The normalized spacial score (nSPS) is 11.3. The van der Waals surface area contributed by atoms with Crippen molar-refractivity contribution in [1.29, 1.82) is 0 Å². The van der Waals surface area contributed by atoms with Crippen molar-refractivity contribution in [2.75, 3.05) is 14.2 Å². The summed E-state index contributed by atoms with van der Waals surface area (Å²) in [6.45, 7) is 5.25. The predicted molar refractivity (Wildman–Crippen MR) is 118 cm³/mol. The number of hydrogen-bond donors (Lipinski definition) is 0. The van der Waals surface area contributed by atoms with Crippen molar-refractivity contribution in [2.45, 2.75) is 32.9 Å². The van der Waals surface area contributed by atoms with Crippen LogP contribution in [-0.2, 0) is 11.3 Å². The van der Waals surface area contributed by atoms with E-state index in [1.54, 1.807) is 52.1 Å². The van der Waals surface area contributed by atoms with E-state index in [4.69, 9.17) is 9.47 Å². The van der Waals surface area contributed by atoms with Crippen LogP contribution in [-0.4, -0.2) is 45.2 Å². The molecule has 0 radical (unpaired) electrons. The zero-order valence-electron chi connectivity index (χ0n) is 18.5. The molecule has 0 saturated heterocycles. The van der Waals surface area contributed by atoms with Gasteiger partial charge in [0.2, 0.25) is 0 Å². The van der Waals surface area contributed by atoms with E-state index >= 15 is 0 Å². The van der Waals surface area contributed by atoms with Crippen molar-refractivity contribution in [2.24, 2.45) is 0 Å². The number of rotatable bonds is 5. The van der Waals surface area contributed by atoms with Gasteiger partial charge in [-0.1, -0.05) is 0 Å². The van der Waals surface area contributed by atoms with Crippen LogP contribution in [0.15, 0.2) is 47.3 Å². The fourth-order valence-corrected chi connectivity index (χ4v) is 3.05. The van der Waals surface area contributed by atoms with Crippen LogP contribution >= 0.6 is 0 Å². The van der Waals surface area contributed by atoms with Crippen LogP contribution in [0.5, 0.6) is 5.75 Å². The SMILES string of the molecule is COc1ccc(-n2c(CN(C)C(=O)OC(C)(C)C)nc3ccc([N+](=O)[O-])cc3c2=O)cc1. The highest BCUT2D eigenvalue weighted by atomic mass is 16.6. The van der Waals surface area contributed by atoms with Crippen molar-refractivity contribution in [3.8, 4) is 11.4 Å². The van der Waals surface area contributed by atoms with E-state index in [0.29, 0.717) is 11.4 Å². The Hall–Kier alpha value is -3.95. The van der Waals surface area contributed by atoms with E-state index in [1.807, 2.05) is 0 Å². The third kappa shape index (κ3) is 4.85. The molecule has 32 heavy (non-hydrogen) atoms. The highest BCUT2D eigenvalue weighted by Gasteiger charge is 2.23. The molecule has 2 aromatic carbocycles. The molecule has 0 atom stereocenters. The maximum atomic E-state index is 13.4. The zero-order valence-corrected chi connectivity index (χ0v) is 18.5. The van der Waals surface area contributed by atoms with Crippen molar-refractivity contribution in [3.05, 3.63) is 68.8 Å². The molecule has 0 fully saturated rings. The Kier molecular flexibility index (Phi) is 6.15. The molecule has 168 valence electrons. The molecule has 10 nitrogen and oxygen atoms in total. The molecular weight excluding hydrogens is 416 g/mol. The van der Waals surface area contributed by atoms with Gasteiger partial charge in [0, 0.05) is 19.2 Å². The Morgan fingerprint density at radius 1 is 1.19 bits per heavy atom. The summed E-state index contributed by atoms with van der Waals surface area (Å²) in [5.74, 6) is 0.869. The predicted octanol–water partition coefficient (Wildman–Crippen LogP) is 3.67. The minimum atomic E-state index is -0.684. The van der Waals surface area contributed by atoms with Gasteiger partial charge < -0.3 is 14.4 Å². The van der Waals surface area contributed by atoms with Gasteiger partial charge in [0.15, 0.2) is 0 Å². The van der Waals surface area contributed by atoms with E-state index in [2.05, 4.69) is 4.98 Å². The monoisotopic (exact) mass is 440 g/mol. The first-order chi connectivity index (χ1) is 15.0. The van der Waals surface area contributed by atoms with Crippen molar-refractivity contribution >= 4 is 22.7 Å². The van der Waals surface area contributed by atoms with Gasteiger partial charge in [-0.3, -0.25) is 19.5 Å². The van der Waals surface area contributed by atoms with E-state index in [9.17, 15) is 19.7 Å². The molecule has 0 aliphatic carbocycles. The first kappa shape index (κ1) is 22.7. The maximum Gasteiger partial charge on any atom is 0.410 e. The average Bonchev–Trinajstić information content (AvgIpc) is 2.72. The summed E-state index contributed by atoms with van der Waals surface area (Å²) in [6.07, 6.45) is -0.572. The number of non-ortho nitro benzene ring substituents is 1. The Labute approximate surface area is 184 Å². The number of hydrogen-bond acceptors (Lipinski definition) is 7. The molecule has 0 aliphatic rings. The zero-order chi connectivity index (χ0) is 23.6. The molecule has 3 aromatic rings. The van der Waals surface area contributed by atoms with E-state index < -0.39 is 22.2 Å². The first-order valence-electron chi connectivity index (χ1n) is 9.79. The van der Waals surface area contributed by atoms with E-state index in [-0.39, 0.29) is 29.0 Å². The topological polar surface area (TPSA) is 117 Å². The summed E-state index contributed by atoms with van der Waals surface area (Å²) >= 11 is 0. The minimum absolute atomic E-state index is 0.0247. The highest BCUT2D eigenvalue weighted by molar-refractivity contribution is 5.80. The molecule has 0 spiro atoms. The third-order valence-electron chi connectivity index (χ3n) is 4.55. The van der Waals surface area contributed by atoms with Gasteiger partial charge in [-0.2, -0.15) is 0 Å². The molecule has 0 aliphatic heterocycles. The van der Waals surface area contributed by atoms with Crippen LogP contribution in [0.25, 0.3) is 16.6 Å². The number of carbonyl (C=O) groups excluding carboxylic acids is 1. The van der Waals surface area contributed by atoms with Gasteiger partial charge in [0.05, 0.1) is 35.2 Å². The van der Waals surface area contributed by atoms with Gasteiger partial charge in [0.1, 0.15) is 17.2 Å². The second-order valence-corrected chi connectivity index (χ2v) is 8.16. The summed E-state index contributed by atoms with van der Waals surface area (Å²) in [5, 5.41) is 11.3. The number of nitrogens with zero attached hydrogens (tertiary/aromatic N) is 4. The van der Waals surface area contributed by atoms with Crippen LogP contribution in [0.2, 0.25) is 0 Å². The highest BCUT2D eigenvalue weighted by Crippen LogP contribution is 2.21. The van der Waals surface area contributed by atoms with Gasteiger partial charge >= 0.3 is 6.09 Å². The number of methoxy groups -OCH3 is 1. The Morgan fingerprint density at radius 3 is 2.41 bits per heavy atom. The fraction of sp³-hybridized carbons (Fsp3) is 0.318.